The van der Waals surface area contributed by atoms with Gasteiger partial charge in [-0.05, 0) is 26.2 Å². The predicted molar refractivity (Wildman–Crippen MR) is 54.8 cm³/mol. The molecule has 0 aromatic heterocycles. The number of alkyl halides is 1. The molecular weight excluding hydrogens is 234 g/mol. The largest absolute Gasteiger partial charge is 0.393 e. The Kier molecular flexibility index (Phi) is 4.19. The Morgan fingerprint density at radius 2 is 2.46 bits per heavy atom. The van der Waals surface area contributed by atoms with E-state index in [9.17, 15) is 4.79 Å². The lowest BCUT2D eigenvalue weighted by Crippen LogP contribution is -2.42. The second-order valence-corrected chi connectivity index (χ2v) is 4.68. The van der Waals surface area contributed by atoms with Crippen LogP contribution in [0.5, 0.6) is 0 Å². The molecule has 0 radical (unpaired) electrons. The highest BCUT2D eigenvalue weighted by molar-refractivity contribution is 9.10. The molecule has 0 spiro atoms. The van der Waals surface area contributed by atoms with Crippen molar-refractivity contribution in [3.8, 4) is 0 Å². The Morgan fingerprint density at radius 3 is 3.08 bits per heavy atom. The molecule has 1 rings (SSSR count). The third-order valence-corrected chi connectivity index (χ3v) is 3.13. The third-order valence-electron chi connectivity index (χ3n) is 2.28. The highest BCUT2D eigenvalue weighted by Crippen LogP contribution is 2.18. The molecule has 4 heteroatoms. The van der Waals surface area contributed by atoms with Gasteiger partial charge < -0.3 is 10.0 Å². The number of carbonyl (C=O) groups is 1. The average molecular weight is 250 g/mol. The molecule has 1 N–H and O–H groups in total. The van der Waals surface area contributed by atoms with E-state index in [1.165, 1.54) is 0 Å². The van der Waals surface area contributed by atoms with Crippen LogP contribution in [0.15, 0.2) is 0 Å². The summed E-state index contributed by atoms with van der Waals surface area (Å²) < 4.78 is 0. The van der Waals surface area contributed by atoms with Gasteiger partial charge in [-0.15, -0.1) is 0 Å². The molecule has 1 fully saturated rings. The van der Waals surface area contributed by atoms with Crippen molar-refractivity contribution in [2.75, 3.05) is 13.1 Å². The Bertz CT molecular complexity index is 184. The van der Waals surface area contributed by atoms with Crippen molar-refractivity contribution in [2.45, 2.75) is 37.1 Å². The van der Waals surface area contributed by atoms with Crippen LogP contribution in [0.3, 0.4) is 0 Å². The number of aliphatic hydroxyl groups excluding tert-OH is 1. The van der Waals surface area contributed by atoms with Crippen molar-refractivity contribution in [3.63, 3.8) is 0 Å². The Hall–Kier alpha value is -0.0900. The van der Waals surface area contributed by atoms with Crippen molar-refractivity contribution < 1.29 is 9.90 Å². The number of hydrogen-bond donors (Lipinski definition) is 1. The molecule has 1 amide bonds. The van der Waals surface area contributed by atoms with E-state index in [2.05, 4.69) is 15.9 Å². The van der Waals surface area contributed by atoms with Gasteiger partial charge in [-0.1, -0.05) is 15.9 Å². The van der Waals surface area contributed by atoms with Crippen LogP contribution >= 0.6 is 15.9 Å². The lowest BCUT2D eigenvalue weighted by atomic mass is 10.1. The molecule has 13 heavy (non-hydrogen) atoms. The normalized spacial score (nSPS) is 26.2. The Labute approximate surface area is 87.2 Å². The maximum atomic E-state index is 11.5. The lowest BCUT2D eigenvalue weighted by molar-refractivity contribution is -0.132. The summed E-state index contributed by atoms with van der Waals surface area (Å²) >= 11 is 3.35. The molecule has 0 aliphatic carbocycles. The zero-order valence-corrected chi connectivity index (χ0v) is 9.46. The van der Waals surface area contributed by atoms with Crippen LogP contribution in [0.4, 0.5) is 0 Å². The zero-order valence-electron chi connectivity index (χ0n) is 7.87. The molecule has 1 aliphatic heterocycles. The van der Waals surface area contributed by atoms with Gasteiger partial charge in [0.25, 0.3) is 0 Å². The second-order valence-electron chi connectivity index (χ2n) is 3.57. The van der Waals surface area contributed by atoms with E-state index in [4.69, 9.17) is 5.11 Å². The molecule has 1 aliphatic rings. The maximum Gasteiger partial charge on any atom is 0.236 e. The molecule has 3 nitrogen and oxygen atoms in total. The van der Waals surface area contributed by atoms with E-state index < -0.39 is 0 Å². The Morgan fingerprint density at radius 1 is 1.77 bits per heavy atom. The van der Waals surface area contributed by atoms with Crippen LogP contribution < -0.4 is 0 Å². The van der Waals surface area contributed by atoms with E-state index in [1.807, 2.05) is 4.90 Å². The van der Waals surface area contributed by atoms with E-state index in [0.29, 0.717) is 13.0 Å². The first-order valence-corrected chi connectivity index (χ1v) is 5.63. The summed E-state index contributed by atoms with van der Waals surface area (Å²) in [6.07, 6.45) is 2.35. The van der Waals surface area contributed by atoms with Crippen LogP contribution in [-0.4, -0.2) is 39.9 Å². The summed E-state index contributed by atoms with van der Waals surface area (Å²) in [4.78, 5) is 13.4. The Balaban J connectivity index is 2.35. The van der Waals surface area contributed by atoms with Crippen molar-refractivity contribution >= 4 is 21.8 Å². The SMILES string of the molecule is CC(O)CCN1CCCC(Br)C1=O. The van der Waals surface area contributed by atoms with Crippen molar-refractivity contribution in [3.05, 3.63) is 0 Å². The second kappa shape index (κ2) is 4.96. The number of halogens is 1. The van der Waals surface area contributed by atoms with Crippen LogP contribution in [0.2, 0.25) is 0 Å². The number of carbonyl (C=O) groups excluding carboxylic acids is 1. The smallest absolute Gasteiger partial charge is 0.236 e. The monoisotopic (exact) mass is 249 g/mol. The molecular formula is C9H16BrNO2. The fraction of sp³-hybridized carbons (Fsp3) is 0.889. The predicted octanol–water partition coefficient (Wildman–Crippen LogP) is 1.14. The first kappa shape index (κ1) is 11.0. The number of aliphatic hydroxyl groups is 1. The molecule has 0 saturated carbocycles. The zero-order chi connectivity index (χ0) is 9.84. The standard InChI is InChI=1S/C9H16BrNO2/c1-7(12)4-6-11-5-2-3-8(10)9(11)13/h7-8,12H,2-6H2,1H3. The molecule has 1 heterocycles. The van der Waals surface area contributed by atoms with Crippen LogP contribution in [0, 0.1) is 0 Å². The molecule has 76 valence electrons. The number of nitrogens with zero attached hydrogens (tertiary/aromatic N) is 1. The van der Waals surface area contributed by atoms with Gasteiger partial charge in [0.05, 0.1) is 10.9 Å². The van der Waals surface area contributed by atoms with Crippen LogP contribution in [0.25, 0.3) is 0 Å². The van der Waals surface area contributed by atoms with Crippen LogP contribution in [-0.2, 0) is 4.79 Å². The number of hydrogen-bond acceptors (Lipinski definition) is 2. The first-order chi connectivity index (χ1) is 6.11. The summed E-state index contributed by atoms with van der Waals surface area (Å²) in [5, 5.41) is 9.09. The van der Waals surface area contributed by atoms with Crippen LogP contribution in [0.1, 0.15) is 26.2 Å². The minimum Gasteiger partial charge on any atom is -0.393 e. The van der Waals surface area contributed by atoms with Gasteiger partial charge in [-0.3, -0.25) is 4.79 Å². The van der Waals surface area contributed by atoms with Crippen molar-refractivity contribution in [1.29, 1.82) is 0 Å². The van der Waals surface area contributed by atoms with Gasteiger partial charge in [0.1, 0.15) is 0 Å². The molecule has 2 unspecified atom stereocenters. The third kappa shape index (κ3) is 3.27. The van der Waals surface area contributed by atoms with Gasteiger partial charge in [0.15, 0.2) is 0 Å². The molecule has 2 atom stereocenters. The number of piperidine rings is 1. The minimum atomic E-state index is -0.316. The minimum absolute atomic E-state index is 0.00440. The summed E-state index contributed by atoms with van der Waals surface area (Å²) in [5.74, 6) is 0.173. The van der Waals surface area contributed by atoms with E-state index in [1.54, 1.807) is 6.92 Å². The summed E-state index contributed by atoms with van der Waals surface area (Å²) in [6, 6.07) is 0. The molecule has 1 saturated heterocycles. The highest BCUT2D eigenvalue weighted by atomic mass is 79.9. The fourth-order valence-electron chi connectivity index (χ4n) is 1.46. The van der Waals surface area contributed by atoms with Gasteiger partial charge in [-0.25, -0.2) is 0 Å². The van der Waals surface area contributed by atoms with E-state index >= 15 is 0 Å². The molecule has 0 bridgehead atoms. The van der Waals surface area contributed by atoms with Crippen molar-refractivity contribution in [1.82, 2.24) is 4.90 Å². The summed E-state index contributed by atoms with van der Waals surface area (Å²) in [5.41, 5.74) is 0. The molecule has 0 aromatic carbocycles. The summed E-state index contributed by atoms with van der Waals surface area (Å²) in [7, 11) is 0. The average Bonchev–Trinajstić information content (AvgIpc) is 2.07. The number of rotatable bonds is 3. The van der Waals surface area contributed by atoms with Gasteiger partial charge in [-0.2, -0.15) is 0 Å². The quantitative estimate of drug-likeness (QED) is 0.763. The van der Waals surface area contributed by atoms with E-state index in [0.717, 1.165) is 19.4 Å². The molecule has 0 aromatic rings. The lowest BCUT2D eigenvalue weighted by Gasteiger charge is -2.30. The number of amides is 1. The van der Waals surface area contributed by atoms with Crippen molar-refractivity contribution in [2.24, 2.45) is 0 Å². The fourth-order valence-corrected chi connectivity index (χ4v) is 2.07. The van der Waals surface area contributed by atoms with Gasteiger partial charge >= 0.3 is 0 Å². The topological polar surface area (TPSA) is 40.5 Å². The van der Waals surface area contributed by atoms with Gasteiger partial charge in [0.2, 0.25) is 5.91 Å². The van der Waals surface area contributed by atoms with E-state index in [-0.39, 0.29) is 16.8 Å². The first-order valence-electron chi connectivity index (χ1n) is 4.72. The summed E-state index contributed by atoms with van der Waals surface area (Å²) in [6.45, 7) is 3.27. The highest BCUT2D eigenvalue weighted by Gasteiger charge is 2.25. The van der Waals surface area contributed by atoms with Gasteiger partial charge in [0, 0.05) is 13.1 Å². The number of likely N-dealkylation sites (tertiary alicyclic amines) is 1. The maximum absolute atomic E-state index is 11.5.